The maximum atomic E-state index is 11.7. The number of hydrogen-bond donors (Lipinski definition) is 0. The zero-order chi connectivity index (χ0) is 10.4. The second-order valence-electron chi connectivity index (χ2n) is 4.55. The highest BCUT2D eigenvalue weighted by molar-refractivity contribution is 5.95. The first-order valence-corrected chi connectivity index (χ1v) is 5.68. The quantitative estimate of drug-likeness (QED) is 0.632. The summed E-state index contributed by atoms with van der Waals surface area (Å²) in [5, 5.41) is 0. The van der Waals surface area contributed by atoms with Gasteiger partial charge in [-0.2, -0.15) is 0 Å². The lowest BCUT2D eigenvalue weighted by Gasteiger charge is -2.23. The minimum atomic E-state index is 0.192. The van der Waals surface area contributed by atoms with Crippen molar-refractivity contribution in [1.29, 1.82) is 0 Å². The first-order valence-electron chi connectivity index (χ1n) is 5.68. The van der Waals surface area contributed by atoms with Crippen molar-refractivity contribution in [1.82, 2.24) is 0 Å². The number of nitrogens with zero attached hydrogens (tertiary/aromatic N) is 1. The van der Waals surface area contributed by atoms with Crippen molar-refractivity contribution >= 4 is 11.6 Å². The fraction of sp³-hybridized carbons (Fsp3) is 0.462. The van der Waals surface area contributed by atoms with Gasteiger partial charge < -0.3 is 4.90 Å². The van der Waals surface area contributed by atoms with E-state index in [9.17, 15) is 4.79 Å². The molecule has 1 aliphatic carbocycles. The summed E-state index contributed by atoms with van der Waals surface area (Å²) in [5.74, 6) is 0.793. The van der Waals surface area contributed by atoms with Gasteiger partial charge in [0, 0.05) is 24.6 Å². The molecule has 1 amide bonds. The van der Waals surface area contributed by atoms with Crippen molar-refractivity contribution < 1.29 is 4.79 Å². The maximum Gasteiger partial charge on any atom is 0.224 e. The fourth-order valence-corrected chi connectivity index (χ4v) is 3.21. The van der Waals surface area contributed by atoms with Crippen LogP contribution in [0.3, 0.4) is 0 Å². The lowest BCUT2D eigenvalue weighted by Crippen LogP contribution is -2.35. The summed E-state index contributed by atoms with van der Waals surface area (Å²) in [6.45, 7) is 1.68. The van der Waals surface area contributed by atoms with E-state index in [1.807, 2.05) is 11.0 Å². The Labute approximate surface area is 89.9 Å². The topological polar surface area (TPSA) is 20.3 Å². The highest BCUT2D eigenvalue weighted by atomic mass is 16.2. The van der Waals surface area contributed by atoms with Gasteiger partial charge in [0.05, 0.1) is 0 Å². The van der Waals surface area contributed by atoms with Crippen LogP contribution in [0.1, 0.15) is 37.7 Å². The maximum absolute atomic E-state index is 11.7. The van der Waals surface area contributed by atoms with Crippen molar-refractivity contribution in [3.05, 3.63) is 29.8 Å². The summed E-state index contributed by atoms with van der Waals surface area (Å²) in [6, 6.07) is 8.81. The predicted octanol–water partition coefficient (Wildman–Crippen LogP) is 2.69. The third-order valence-electron chi connectivity index (χ3n) is 3.75. The summed E-state index contributed by atoms with van der Waals surface area (Å²) in [5.41, 5.74) is 2.54. The lowest BCUT2D eigenvalue weighted by atomic mass is 9.98. The molecule has 1 fully saturated rings. The molecule has 2 atom stereocenters. The molecule has 0 bridgehead atoms. The molecule has 1 saturated carbocycles. The van der Waals surface area contributed by atoms with Crippen molar-refractivity contribution in [2.75, 3.05) is 4.90 Å². The Balaban J connectivity index is 2.13. The van der Waals surface area contributed by atoms with Crippen LogP contribution < -0.4 is 4.90 Å². The predicted molar refractivity (Wildman–Crippen MR) is 60.0 cm³/mol. The van der Waals surface area contributed by atoms with Gasteiger partial charge >= 0.3 is 0 Å². The molecule has 0 spiro atoms. The molecule has 2 aliphatic rings. The highest BCUT2D eigenvalue weighted by Crippen LogP contribution is 2.48. The van der Waals surface area contributed by atoms with Crippen LogP contribution in [-0.4, -0.2) is 11.9 Å². The average Bonchev–Trinajstić information content (AvgIpc) is 2.75. The Morgan fingerprint density at radius 1 is 1.33 bits per heavy atom. The van der Waals surface area contributed by atoms with Gasteiger partial charge in [0.15, 0.2) is 0 Å². The van der Waals surface area contributed by atoms with Crippen LogP contribution in [0.25, 0.3) is 0 Å². The van der Waals surface area contributed by atoms with E-state index < -0.39 is 0 Å². The van der Waals surface area contributed by atoms with Crippen LogP contribution in [0.5, 0.6) is 0 Å². The summed E-state index contributed by atoms with van der Waals surface area (Å²) in [4.78, 5) is 13.7. The zero-order valence-electron chi connectivity index (χ0n) is 8.94. The molecular weight excluding hydrogens is 186 g/mol. The molecule has 0 saturated heterocycles. The van der Waals surface area contributed by atoms with Gasteiger partial charge in [0.2, 0.25) is 5.91 Å². The Morgan fingerprint density at radius 3 is 2.93 bits per heavy atom. The molecule has 78 valence electrons. The Hall–Kier alpha value is -1.31. The highest BCUT2D eigenvalue weighted by Gasteiger charge is 2.42. The molecular formula is C13H15NO. The first kappa shape index (κ1) is 8.96. The second-order valence-corrected chi connectivity index (χ2v) is 4.55. The Kier molecular flexibility index (Phi) is 1.84. The lowest BCUT2D eigenvalue weighted by molar-refractivity contribution is -0.116. The molecule has 2 unspecified atom stereocenters. The summed E-state index contributed by atoms with van der Waals surface area (Å²) in [7, 11) is 0. The van der Waals surface area contributed by atoms with E-state index in [4.69, 9.17) is 0 Å². The van der Waals surface area contributed by atoms with E-state index >= 15 is 0 Å². The van der Waals surface area contributed by atoms with Gasteiger partial charge in [-0.25, -0.2) is 0 Å². The molecule has 1 aliphatic heterocycles. The number of carbonyl (C=O) groups excluding carboxylic acids is 1. The monoisotopic (exact) mass is 201 g/mol. The SMILES string of the molecule is CC(=O)N1c2ccccc2C2CCCC21. The average molecular weight is 201 g/mol. The van der Waals surface area contributed by atoms with Crippen molar-refractivity contribution in [3.8, 4) is 0 Å². The molecule has 15 heavy (non-hydrogen) atoms. The fourth-order valence-electron chi connectivity index (χ4n) is 3.21. The van der Waals surface area contributed by atoms with Crippen LogP contribution in [0.2, 0.25) is 0 Å². The van der Waals surface area contributed by atoms with Crippen molar-refractivity contribution in [2.45, 2.75) is 38.1 Å². The minimum absolute atomic E-state index is 0.192. The van der Waals surface area contributed by atoms with Crippen LogP contribution in [-0.2, 0) is 4.79 Å². The first-order chi connectivity index (χ1) is 7.29. The second kappa shape index (κ2) is 3.09. The number of anilines is 1. The molecule has 0 aromatic heterocycles. The smallest absolute Gasteiger partial charge is 0.224 e. The molecule has 3 rings (SSSR count). The normalized spacial score (nSPS) is 27.7. The molecule has 0 N–H and O–H groups in total. The van der Waals surface area contributed by atoms with E-state index in [0.29, 0.717) is 12.0 Å². The number of fused-ring (bicyclic) bond motifs is 3. The zero-order valence-corrected chi connectivity index (χ0v) is 8.94. The van der Waals surface area contributed by atoms with Gasteiger partial charge in [-0.1, -0.05) is 24.6 Å². The summed E-state index contributed by atoms with van der Waals surface area (Å²) < 4.78 is 0. The van der Waals surface area contributed by atoms with Crippen LogP contribution >= 0.6 is 0 Å². The molecule has 2 nitrogen and oxygen atoms in total. The van der Waals surface area contributed by atoms with Crippen molar-refractivity contribution in [3.63, 3.8) is 0 Å². The van der Waals surface area contributed by atoms with Gasteiger partial charge in [0.1, 0.15) is 0 Å². The molecule has 1 aromatic rings. The molecule has 1 aromatic carbocycles. The number of rotatable bonds is 0. The number of carbonyl (C=O) groups is 1. The van der Waals surface area contributed by atoms with E-state index in [-0.39, 0.29) is 5.91 Å². The molecule has 1 heterocycles. The van der Waals surface area contributed by atoms with E-state index in [1.54, 1.807) is 6.92 Å². The van der Waals surface area contributed by atoms with E-state index in [0.717, 1.165) is 5.69 Å². The number of hydrogen-bond acceptors (Lipinski definition) is 1. The third kappa shape index (κ3) is 1.14. The van der Waals surface area contributed by atoms with Gasteiger partial charge in [-0.3, -0.25) is 4.79 Å². The number of amides is 1. The van der Waals surface area contributed by atoms with Gasteiger partial charge in [-0.05, 0) is 24.5 Å². The van der Waals surface area contributed by atoms with Crippen LogP contribution in [0.4, 0.5) is 5.69 Å². The minimum Gasteiger partial charge on any atom is -0.309 e. The van der Waals surface area contributed by atoms with Crippen LogP contribution in [0.15, 0.2) is 24.3 Å². The van der Waals surface area contributed by atoms with Gasteiger partial charge in [-0.15, -0.1) is 0 Å². The Bertz CT molecular complexity index is 413. The van der Waals surface area contributed by atoms with Crippen LogP contribution in [0, 0.1) is 0 Å². The third-order valence-corrected chi connectivity index (χ3v) is 3.75. The summed E-state index contributed by atoms with van der Waals surface area (Å²) >= 11 is 0. The Morgan fingerprint density at radius 2 is 2.13 bits per heavy atom. The molecule has 0 radical (unpaired) electrons. The largest absolute Gasteiger partial charge is 0.309 e. The number of para-hydroxylation sites is 1. The van der Waals surface area contributed by atoms with Crippen molar-refractivity contribution in [2.24, 2.45) is 0 Å². The van der Waals surface area contributed by atoms with Gasteiger partial charge in [0.25, 0.3) is 0 Å². The standard InChI is InChI=1S/C13H15NO/c1-9(15)14-12-7-3-2-5-10(12)11-6-4-8-13(11)14/h2-3,5,7,11,13H,4,6,8H2,1H3. The molecule has 2 heteroatoms. The number of benzene rings is 1. The van der Waals surface area contributed by atoms with E-state index in [2.05, 4.69) is 18.2 Å². The summed E-state index contributed by atoms with van der Waals surface area (Å²) in [6.07, 6.45) is 3.66. The van der Waals surface area contributed by atoms with E-state index in [1.165, 1.54) is 24.8 Å².